The van der Waals surface area contributed by atoms with E-state index in [4.69, 9.17) is 0 Å². The Morgan fingerprint density at radius 1 is 1.27 bits per heavy atom. The Morgan fingerprint density at radius 2 is 1.92 bits per heavy atom. The monoisotopic (exact) mass is 415 g/mol. The lowest BCUT2D eigenvalue weighted by atomic mass is 10.5. The van der Waals surface area contributed by atoms with Crippen LogP contribution in [0.4, 0.5) is 13.2 Å². The molecule has 7 nitrogen and oxygen atoms in total. The lowest BCUT2D eigenvalue weighted by Gasteiger charge is -2.19. The van der Waals surface area contributed by atoms with Gasteiger partial charge in [0.05, 0.1) is 12.3 Å². The number of nitrogens with one attached hydrogen (secondary N) is 2. The van der Waals surface area contributed by atoms with Crippen molar-refractivity contribution in [2.45, 2.75) is 33.5 Å². The van der Waals surface area contributed by atoms with E-state index >= 15 is 0 Å². The molecule has 1 aromatic heterocycles. The standard InChI is InChI=1S/C14H24F3N5O2S2/c1-4-18-13(19-7-8-26(23,24)22(5-2)6-3)20-9-12-21-11(10-25-12)14(15,16)17/h10H,4-9H2,1-3H3,(H2,18,19,20). The van der Waals surface area contributed by atoms with E-state index in [1.165, 1.54) is 4.31 Å². The minimum absolute atomic E-state index is 0.0289. The third-order valence-electron chi connectivity index (χ3n) is 3.31. The van der Waals surface area contributed by atoms with Crippen LogP contribution in [0.2, 0.25) is 0 Å². The fourth-order valence-electron chi connectivity index (χ4n) is 2.05. The number of hydrogen-bond acceptors (Lipinski definition) is 5. The predicted molar refractivity (Wildman–Crippen MR) is 96.6 cm³/mol. The van der Waals surface area contributed by atoms with E-state index in [-0.39, 0.29) is 23.8 Å². The Labute approximate surface area is 155 Å². The van der Waals surface area contributed by atoms with E-state index in [0.717, 1.165) is 16.7 Å². The summed E-state index contributed by atoms with van der Waals surface area (Å²) in [6.45, 7) is 6.80. The zero-order chi connectivity index (χ0) is 19.8. The lowest BCUT2D eigenvalue weighted by molar-refractivity contribution is -0.140. The molecule has 0 aromatic carbocycles. The van der Waals surface area contributed by atoms with E-state index < -0.39 is 21.9 Å². The maximum atomic E-state index is 12.5. The molecule has 0 atom stereocenters. The van der Waals surface area contributed by atoms with Gasteiger partial charge in [-0.15, -0.1) is 11.3 Å². The van der Waals surface area contributed by atoms with Crippen molar-refractivity contribution in [3.63, 3.8) is 0 Å². The van der Waals surface area contributed by atoms with Crippen LogP contribution in [0, 0.1) is 0 Å². The first-order valence-electron chi connectivity index (χ1n) is 8.15. The summed E-state index contributed by atoms with van der Waals surface area (Å²) in [5, 5.41) is 6.97. The van der Waals surface area contributed by atoms with Crippen LogP contribution in [-0.4, -0.2) is 55.6 Å². The van der Waals surface area contributed by atoms with Gasteiger partial charge in [-0.1, -0.05) is 13.8 Å². The van der Waals surface area contributed by atoms with Crippen molar-refractivity contribution in [3.8, 4) is 0 Å². The van der Waals surface area contributed by atoms with Gasteiger partial charge in [-0.05, 0) is 6.92 Å². The molecule has 0 radical (unpaired) electrons. The SMILES string of the molecule is CCNC(=NCc1nc(C(F)(F)F)cs1)NCCS(=O)(=O)N(CC)CC. The topological polar surface area (TPSA) is 86.7 Å². The lowest BCUT2D eigenvalue weighted by Crippen LogP contribution is -2.42. The van der Waals surface area contributed by atoms with Gasteiger partial charge in [-0.25, -0.2) is 22.7 Å². The average Bonchev–Trinajstić information content (AvgIpc) is 3.02. The van der Waals surface area contributed by atoms with E-state index in [9.17, 15) is 21.6 Å². The van der Waals surface area contributed by atoms with E-state index in [1.807, 2.05) is 6.92 Å². The summed E-state index contributed by atoms with van der Waals surface area (Å²) in [5.74, 6) is 0.222. The Bertz CT molecular complexity index is 685. The molecule has 0 unspecified atom stereocenters. The molecule has 0 bridgehead atoms. The summed E-state index contributed by atoms with van der Waals surface area (Å²) in [5.41, 5.74) is -0.934. The largest absolute Gasteiger partial charge is 0.434 e. The third kappa shape index (κ3) is 7.08. The van der Waals surface area contributed by atoms with Crippen molar-refractivity contribution in [1.82, 2.24) is 19.9 Å². The zero-order valence-electron chi connectivity index (χ0n) is 14.9. The molecule has 0 aliphatic rings. The summed E-state index contributed by atoms with van der Waals surface area (Å²) < 4.78 is 63.2. The number of halogens is 3. The minimum atomic E-state index is -4.47. The molecule has 0 fully saturated rings. The maximum Gasteiger partial charge on any atom is 0.434 e. The highest BCUT2D eigenvalue weighted by Gasteiger charge is 2.33. The fraction of sp³-hybridized carbons (Fsp3) is 0.714. The number of thiazole rings is 1. The summed E-state index contributed by atoms with van der Waals surface area (Å²) in [7, 11) is -3.36. The first kappa shape index (κ1) is 22.6. The van der Waals surface area contributed by atoms with Crippen molar-refractivity contribution in [1.29, 1.82) is 0 Å². The summed E-state index contributed by atoms with van der Waals surface area (Å²) in [6, 6.07) is 0. The van der Waals surface area contributed by atoms with Crippen LogP contribution in [0.3, 0.4) is 0 Å². The second kappa shape index (κ2) is 10.1. The quantitative estimate of drug-likeness (QED) is 0.475. The fourth-order valence-corrected chi connectivity index (χ4v) is 4.18. The normalized spacial score (nSPS) is 13.3. The van der Waals surface area contributed by atoms with Crippen LogP contribution >= 0.6 is 11.3 Å². The Hall–Kier alpha value is -1.40. The van der Waals surface area contributed by atoms with E-state index in [2.05, 4.69) is 20.6 Å². The van der Waals surface area contributed by atoms with Gasteiger partial charge in [-0.2, -0.15) is 13.2 Å². The van der Waals surface area contributed by atoms with Crippen molar-refractivity contribution >= 4 is 27.3 Å². The highest BCUT2D eigenvalue weighted by Crippen LogP contribution is 2.30. The average molecular weight is 416 g/mol. The first-order valence-corrected chi connectivity index (χ1v) is 10.6. The second-order valence-corrected chi connectivity index (χ2v) is 8.18. The molecule has 0 amide bonds. The molecule has 0 saturated heterocycles. The van der Waals surface area contributed by atoms with Crippen molar-refractivity contribution < 1.29 is 21.6 Å². The van der Waals surface area contributed by atoms with Gasteiger partial charge >= 0.3 is 6.18 Å². The van der Waals surface area contributed by atoms with Gasteiger partial charge < -0.3 is 10.6 Å². The number of sulfonamides is 1. The number of aromatic nitrogens is 1. The third-order valence-corrected chi connectivity index (χ3v) is 6.17. The van der Waals surface area contributed by atoms with Gasteiger partial charge in [0.25, 0.3) is 0 Å². The first-order chi connectivity index (χ1) is 12.1. The Kier molecular flexibility index (Phi) is 8.77. The molecule has 0 spiro atoms. The number of guanidine groups is 1. The summed E-state index contributed by atoms with van der Waals surface area (Å²) in [4.78, 5) is 7.66. The Balaban J connectivity index is 2.65. The molecule has 26 heavy (non-hydrogen) atoms. The molecule has 0 aliphatic heterocycles. The highest BCUT2D eigenvalue weighted by atomic mass is 32.2. The van der Waals surface area contributed by atoms with Crippen LogP contribution in [-0.2, 0) is 22.7 Å². The summed E-state index contributed by atoms with van der Waals surface area (Å²) >= 11 is 0.878. The van der Waals surface area contributed by atoms with Gasteiger partial charge in [0, 0.05) is 31.6 Å². The van der Waals surface area contributed by atoms with Crippen molar-refractivity contribution in [2.24, 2.45) is 4.99 Å². The number of rotatable bonds is 9. The van der Waals surface area contributed by atoms with Gasteiger partial charge in [-0.3, -0.25) is 0 Å². The van der Waals surface area contributed by atoms with Gasteiger partial charge in [0.2, 0.25) is 10.0 Å². The van der Waals surface area contributed by atoms with Crippen LogP contribution in [0.15, 0.2) is 10.4 Å². The smallest absolute Gasteiger partial charge is 0.357 e. The van der Waals surface area contributed by atoms with E-state index in [0.29, 0.717) is 25.6 Å². The van der Waals surface area contributed by atoms with Crippen LogP contribution in [0.5, 0.6) is 0 Å². The number of alkyl halides is 3. The number of aliphatic imine (C=N–C) groups is 1. The molecular formula is C14H24F3N5O2S2. The number of hydrogen-bond donors (Lipinski definition) is 2. The molecule has 150 valence electrons. The van der Waals surface area contributed by atoms with Crippen LogP contribution < -0.4 is 10.6 Å². The summed E-state index contributed by atoms with van der Waals surface area (Å²) in [6.07, 6.45) is -4.47. The number of nitrogens with zero attached hydrogens (tertiary/aromatic N) is 3. The molecule has 1 aromatic rings. The minimum Gasteiger partial charge on any atom is -0.357 e. The van der Waals surface area contributed by atoms with Crippen LogP contribution in [0.1, 0.15) is 31.5 Å². The predicted octanol–water partition coefficient (Wildman–Crippen LogP) is 1.89. The molecule has 12 heteroatoms. The van der Waals surface area contributed by atoms with Crippen molar-refractivity contribution in [2.75, 3.05) is 31.9 Å². The van der Waals surface area contributed by atoms with E-state index in [1.54, 1.807) is 13.8 Å². The maximum absolute atomic E-state index is 12.5. The molecule has 1 heterocycles. The Morgan fingerprint density at radius 3 is 2.42 bits per heavy atom. The molecule has 1 rings (SSSR count). The van der Waals surface area contributed by atoms with Gasteiger partial charge in [0.15, 0.2) is 11.7 Å². The molecular weight excluding hydrogens is 391 g/mol. The highest BCUT2D eigenvalue weighted by molar-refractivity contribution is 7.89. The van der Waals surface area contributed by atoms with Crippen LogP contribution in [0.25, 0.3) is 0 Å². The molecule has 0 saturated carbocycles. The molecule has 0 aliphatic carbocycles. The van der Waals surface area contributed by atoms with Gasteiger partial charge in [0.1, 0.15) is 5.01 Å². The molecule has 2 N–H and O–H groups in total. The zero-order valence-corrected chi connectivity index (χ0v) is 16.6. The van der Waals surface area contributed by atoms with Crippen molar-refractivity contribution in [3.05, 3.63) is 16.1 Å². The second-order valence-electron chi connectivity index (χ2n) is 5.15.